The highest BCUT2D eigenvalue weighted by molar-refractivity contribution is 7.60. The van der Waals surface area contributed by atoms with Crippen LogP contribution in [-0.4, -0.2) is 28.4 Å². The van der Waals surface area contributed by atoms with Crippen molar-refractivity contribution in [1.82, 2.24) is 10.3 Å². The van der Waals surface area contributed by atoms with Gasteiger partial charge in [0.2, 0.25) is 0 Å². The molecule has 1 N–H and O–H groups in total. The zero-order valence-electron chi connectivity index (χ0n) is 16.2. The van der Waals surface area contributed by atoms with E-state index in [4.69, 9.17) is 0 Å². The topological polar surface area (TPSA) is 24.9 Å². The third-order valence-corrected chi connectivity index (χ3v) is 7.26. The molecule has 0 fully saturated rings. The second-order valence-corrected chi connectivity index (χ2v) is 11.5. The molecule has 0 bridgehead atoms. The van der Waals surface area contributed by atoms with Crippen LogP contribution in [0.3, 0.4) is 0 Å². The Morgan fingerprint density at radius 2 is 1.45 bits per heavy atom. The summed E-state index contributed by atoms with van der Waals surface area (Å²) >= 11 is 0. The second-order valence-electron chi connectivity index (χ2n) is 7.66. The lowest BCUT2D eigenvalue weighted by atomic mass is 10.2. The lowest BCUT2D eigenvalue weighted by Crippen LogP contribution is -2.26. The number of nitrogens with one attached hydrogen (secondary N) is 1. The third-order valence-electron chi connectivity index (χ3n) is 3.39. The number of pyridine rings is 1. The van der Waals surface area contributed by atoms with Gasteiger partial charge in [-0.05, 0) is 42.5 Å². The Morgan fingerprint density at radius 1 is 0.955 bits per heavy atom. The van der Waals surface area contributed by atoms with Gasteiger partial charge in [0.1, 0.15) is 0 Å². The Kier molecular flexibility index (Phi) is 9.43. The van der Waals surface area contributed by atoms with E-state index in [2.05, 4.69) is 90.8 Å². The maximum absolute atomic E-state index is 4.66. The largest absolute Gasteiger partial charge is 0.317 e. The van der Waals surface area contributed by atoms with Gasteiger partial charge < -0.3 is 5.32 Å². The standard InChI is InChI=1S/C15H26NP.C4H11N/c1-12-9-8-10-13(16-12)11-17(14(2,3)4)15(5,6)7;1-3-5-4-2/h8-10H,11H2,1-7H3;5H,3-4H2,1-2H3. The summed E-state index contributed by atoms with van der Waals surface area (Å²) in [5.74, 6) is 0. The van der Waals surface area contributed by atoms with Gasteiger partial charge in [0.05, 0.1) is 0 Å². The molecule has 3 heteroatoms. The van der Waals surface area contributed by atoms with Gasteiger partial charge in [-0.25, -0.2) is 0 Å². The number of nitrogens with zero attached hydrogens (tertiary/aromatic N) is 1. The molecule has 128 valence electrons. The van der Waals surface area contributed by atoms with Gasteiger partial charge in [0.15, 0.2) is 0 Å². The summed E-state index contributed by atoms with van der Waals surface area (Å²) in [6.45, 7) is 22.6. The van der Waals surface area contributed by atoms with E-state index in [1.165, 1.54) is 5.69 Å². The highest BCUT2D eigenvalue weighted by atomic mass is 31.1. The first-order valence-corrected chi connectivity index (χ1v) is 9.96. The molecule has 0 aromatic carbocycles. The normalized spacial score (nSPS) is 12.1. The fourth-order valence-corrected chi connectivity index (χ4v) is 6.04. The van der Waals surface area contributed by atoms with E-state index in [-0.39, 0.29) is 7.92 Å². The monoisotopic (exact) mass is 324 g/mol. The molecule has 0 amide bonds. The van der Waals surface area contributed by atoms with Crippen LogP contribution >= 0.6 is 7.92 Å². The maximum Gasteiger partial charge on any atom is 0.0449 e. The molecular weight excluding hydrogens is 287 g/mol. The average molecular weight is 324 g/mol. The SMILES string of the molecule is CCNCC.Cc1cccc(CP(C(C)(C)C)C(C)(C)C)n1. The molecule has 22 heavy (non-hydrogen) atoms. The number of aromatic nitrogens is 1. The number of aryl methyl sites for hydroxylation is 1. The van der Waals surface area contributed by atoms with Crippen LogP contribution in [-0.2, 0) is 6.16 Å². The van der Waals surface area contributed by atoms with E-state index in [1.807, 2.05) is 0 Å². The van der Waals surface area contributed by atoms with E-state index in [1.54, 1.807) is 0 Å². The van der Waals surface area contributed by atoms with E-state index < -0.39 is 0 Å². The summed E-state index contributed by atoms with van der Waals surface area (Å²) in [7, 11) is -0.0939. The molecule has 1 aromatic heterocycles. The van der Waals surface area contributed by atoms with Gasteiger partial charge in [-0.1, -0.05) is 69.4 Å². The maximum atomic E-state index is 4.66. The lowest BCUT2D eigenvalue weighted by Gasteiger charge is -2.41. The molecule has 0 aliphatic carbocycles. The minimum absolute atomic E-state index is 0.0939. The van der Waals surface area contributed by atoms with E-state index in [0.717, 1.165) is 24.9 Å². The van der Waals surface area contributed by atoms with Gasteiger partial charge >= 0.3 is 0 Å². The number of hydrogen-bond donors (Lipinski definition) is 1. The molecule has 0 aliphatic rings. The Balaban J connectivity index is 0.000000763. The summed E-state index contributed by atoms with van der Waals surface area (Å²) in [5.41, 5.74) is 2.38. The fourth-order valence-electron chi connectivity index (χ4n) is 2.58. The van der Waals surface area contributed by atoms with Gasteiger partial charge in [0, 0.05) is 17.5 Å². The van der Waals surface area contributed by atoms with Crippen molar-refractivity contribution in [3.63, 3.8) is 0 Å². The van der Waals surface area contributed by atoms with E-state index in [0.29, 0.717) is 10.3 Å². The van der Waals surface area contributed by atoms with Crippen molar-refractivity contribution in [2.45, 2.75) is 78.8 Å². The number of hydrogen-bond acceptors (Lipinski definition) is 2. The molecule has 2 nitrogen and oxygen atoms in total. The van der Waals surface area contributed by atoms with Crippen molar-refractivity contribution in [3.8, 4) is 0 Å². The smallest absolute Gasteiger partial charge is 0.0449 e. The van der Waals surface area contributed by atoms with Crippen LogP contribution in [0.4, 0.5) is 0 Å². The van der Waals surface area contributed by atoms with Crippen molar-refractivity contribution >= 4 is 7.92 Å². The number of rotatable bonds is 4. The molecule has 0 unspecified atom stereocenters. The minimum atomic E-state index is -0.0939. The van der Waals surface area contributed by atoms with Crippen LogP contribution in [0.5, 0.6) is 0 Å². The molecule has 0 saturated heterocycles. The fraction of sp³-hybridized carbons (Fsp3) is 0.737. The van der Waals surface area contributed by atoms with Gasteiger partial charge in [-0.15, -0.1) is 0 Å². The first kappa shape index (κ1) is 21.5. The summed E-state index contributed by atoms with van der Waals surface area (Å²) in [6.07, 6.45) is 1.13. The van der Waals surface area contributed by atoms with Gasteiger partial charge in [-0.2, -0.15) is 0 Å². The van der Waals surface area contributed by atoms with Crippen LogP contribution in [0, 0.1) is 6.92 Å². The first-order valence-electron chi connectivity index (χ1n) is 8.43. The molecule has 1 aromatic rings. The third kappa shape index (κ3) is 8.86. The molecule has 1 rings (SSSR count). The van der Waals surface area contributed by atoms with Crippen LogP contribution in [0.25, 0.3) is 0 Å². The predicted molar refractivity (Wildman–Crippen MR) is 103 cm³/mol. The Labute approximate surface area is 140 Å². The summed E-state index contributed by atoms with van der Waals surface area (Å²) < 4.78 is 0. The van der Waals surface area contributed by atoms with Crippen molar-refractivity contribution in [2.24, 2.45) is 0 Å². The Morgan fingerprint density at radius 3 is 1.77 bits per heavy atom. The van der Waals surface area contributed by atoms with Crippen molar-refractivity contribution in [3.05, 3.63) is 29.6 Å². The molecule has 0 radical (unpaired) electrons. The zero-order valence-corrected chi connectivity index (χ0v) is 17.1. The van der Waals surface area contributed by atoms with Crippen LogP contribution in [0.1, 0.15) is 66.8 Å². The van der Waals surface area contributed by atoms with E-state index in [9.17, 15) is 0 Å². The molecule has 0 aliphatic heterocycles. The van der Waals surface area contributed by atoms with Crippen LogP contribution in [0.15, 0.2) is 18.2 Å². The van der Waals surface area contributed by atoms with Gasteiger partial charge in [-0.3, -0.25) is 4.98 Å². The molecule has 0 atom stereocenters. The zero-order chi connectivity index (χ0) is 17.4. The Hall–Kier alpha value is -0.460. The van der Waals surface area contributed by atoms with Crippen LogP contribution in [0.2, 0.25) is 0 Å². The van der Waals surface area contributed by atoms with Crippen LogP contribution < -0.4 is 5.32 Å². The summed E-state index contributed by atoms with van der Waals surface area (Å²) in [5, 5.41) is 3.86. The molecule has 0 spiro atoms. The Bertz CT molecular complexity index is 400. The highest BCUT2D eigenvalue weighted by Crippen LogP contribution is 2.60. The second kappa shape index (κ2) is 9.63. The van der Waals surface area contributed by atoms with Gasteiger partial charge in [0.25, 0.3) is 0 Å². The average Bonchev–Trinajstić information content (AvgIpc) is 2.35. The summed E-state index contributed by atoms with van der Waals surface area (Å²) in [6, 6.07) is 6.36. The minimum Gasteiger partial charge on any atom is -0.317 e. The summed E-state index contributed by atoms with van der Waals surface area (Å²) in [4.78, 5) is 4.66. The van der Waals surface area contributed by atoms with Crippen molar-refractivity contribution in [1.29, 1.82) is 0 Å². The molecule has 0 saturated carbocycles. The molecule has 1 heterocycles. The highest BCUT2D eigenvalue weighted by Gasteiger charge is 2.34. The van der Waals surface area contributed by atoms with Crippen molar-refractivity contribution < 1.29 is 0 Å². The molecular formula is C19H37N2P. The quantitative estimate of drug-likeness (QED) is 0.731. The first-order chi connectivity index (χ1) is 10.0. The lowest BCUT2D eigenvalue weighted by molar-refractivity contribution is 0.701. The predicted octanol–water partition coefficient (Wildman–Crippen LogP) is 5.58. The van der Waals surface area contributed by atoms with Crippen molar-refractivity contribution in [2.75, 3.05) is 13.1 Å². The van der Waals surface area contributed by atoms with E-state index >= 15 is 0 Å².